The summed E-state index contributed by atoms with van der Waals surface area (Å²) >= 11 is 0. The Hall–Kier alpha value is -2.81. The molecule has 1 aromatic heterocycles. The zero-order valence-electron chi connectivity index (χ0n) is 17.1. The smallest absolute Gasteiger partial charge is 0.136 e. The van der Waals surface area contributed by atoms with Crippen LogP contribution < -0.4 is 0 Å². The molecular weight excluding hydrogens is 330 g/mol. The van der Waals surface area contributed by atoms with E-state index in [0.717, 1.165) is 23.0 Å². The lowest BCUT2D eigenvalue weighted by atomic mass is 9.90. The topological polar surface area (TPSA) is 38.7 Å². The molecule has 1 heterocycles. The van der Waals surface area contributed by atoms with Crippen molar-refractivity contribution in [1.82, 2.24) is 15.0 Å². The summed E-state index contributed by atoms with van der Waals surface area (Å²) in [5.41, 5.74) is 7.46. The molecule has 0 N–H and O–H groups in total. The van der Waals surface area contributed by atoms with Gasteiger partial charge in [-0.2, -0.15) is 0 Å². The molecule has 3 aromatic rings. The Bertz CT molecular complexity index is 1050. The Balaban J connectivity index is 1.97. The fraction of sp³-hybridized carbons (Fsp3) is 0.292. The van der Waals surface area contributed by atoms with Gasteiger partial charge in [-0.05, 0) is 91.8 Å². The molecule has 138 valence electrons. The summed E-state index contributed by atoms with van der Waals surface area (Å²) in [5, 5.41) is 2.65. The summed E-state index contributed by atoms with van der Waals surface area (Å²) in [4.78, 5) is 13.1. The minimum Gasteiger partial charge on any atom is -0.219 e. The number of aromatic nitrogens is 3. The normalized spacial score (nSPS) is 11.9. The van der Waals surface area contributed by atoms with Gasteiger partial charge in [-0.25, -0.2) is 15.0 Å². The van der Waals surface area contributed by atoms with Gasteiger partial charge < -0.3 is 0 Å². The number of fused-ring (bicyclic) bond motifs is 1. The SMILES string of the molecule is C=C(/C=C(/C)c1cc2c(C)cccc2c(C)c1C)Cc1nc(C)nc(C)n1. The van der Waals surface area contributed by atoms with Crippen molar-refractivity contribution in [3.05, 3.63) is 82.2 Å². The molecular formula is C24H27N3. The summed E-state index contributed by atoms with van der Waals surface area (Å²) in [6.07, 6.45) is 2.78. The molecule has 0 aliphatic carbocycles. The number of hydrogen-bond donors (Lipinski definition) is 0. The van der Waals surface area contributed by atoms with Crippen LogP contribution in [-0.4, -0.2) is 15.0 Å². The molecule has 0 saturated heterocycles. The Morgan fingerprint density at radius 3 is 2.26 bits per heavy atom. The predicted molar refractivity (Wildman–Crippen MR) is 114 cm³/mol. The average Bonchev–Trinajstić information content (AvgIpc) is 2.57. The Labute approximate surface area is 161 Å². The summed E-state index contributed by atoms with van der Waals surface area (Å²) in [7, 11) is 0. The Morgan fingerprint density at radius 1 is 0.926 bits per heavy atom. The second kappa shape index (κ2) is 7.43. The minimum absolute atomic E-state index is 0.631. The number of benzene rings is 2. The highest BCUT2D eigenvalue weighted by Crippen LogP contribution is 2.31. The molecule has 2 aromatic carbocycles. The summed E-state index contributed by atoms with van der Waals surface area (Å²) in [6.45, 7) is 16.8. The van der Waals surface area contributed by atoms with Gasteiger partial charge in [0.2, 0.25) is 0 Å². The molecule has 0 spiro atoms. The van der Waals surface area contributed by atoms with Gasteiger partial charge in [0, 0.05) is 6.42 Å². The molecule has 0 atom stereocenters. The van der Waals surface area contributed by atoms with Gasteiger partial charge in [-0.1, -0.05) is 30.9 Å². The van der Waals surface area contributed by atoms with E-state index in [4.69, 9.17) is 0 Å². The first kappa shape index (κ1) is 19.0. The highest BCUT2D eigenvalue weighted by molar-refractivity contribution is 5.93. The molecule has 0 amide bonds. The summed E-state index contributed by atoms with van der Waals surface area (Å²) < 4.78 is 0. The molecule has 27 heavy (non-hydrogen) atoms. The maximum absolute atomic E-state index is 4.43. The number of aryl methyl sites for hydroxylation is 4. The molecule has 0 saturated carbocycles. The first-order chi connectivity index (χ1) is 12.8. The molecule has 3 heteroatoms. The monoisotopic (exact) mass is 357 g/mol. The van der Waals surface area contributed by atoms with E-state index in [2.05, 4.69) is 79.6 Å². The molecule has 0 aliphatic heterocycles. The lowest BCUT2D eigenvalue weighted by Crippen LogP contribution is -2.03. The van der Waals surface area contributed by atoms with Gasteiger partial charge >= 0.3 is 0 Å². The molecule has 0 fully saturated rings. The van der Waals surface area contributed by atoms with Crippen LogP contribution in [0.5, 0.6) is 0 Å². The Kier molecular flexibility index (Phi) is 5.22. The van der Waals surface area contributed by atoms with Gasteiger partial charge in [0.25, 0.3) is 0 Å². The maximum Gasteiger partial charge on any atom is 0.136 e. The first-order valence-corrected chi connectivity index (χ1v) is 9.30. The quantitative estimate of drug-likeness (QED) is 0.556. The highest BCUT2D eigenvalue weighted by atomic mass is 15.0. The standard InChI is InChI=1S/C24H27N3/c1-14(12-24-26-19(6)25-20(7)27-24)11-16(3)22-13-23-15(2)9-8-10-21(23)17(4)18(22)5/h8-11,13H,1,12H2,2-7H3/b16-11-. The van der Waals surface area contributed by atoms with E-state index in [1.54, 1.807) is 0 Å². The van der Waals surface area contributed by atoms with Gasteiger partial charge in [0.1, 0.15) is 17.5 Å². The molecule has 0 unspecified atom stereocenters. The highest BCUT2D eigenvalue weighted by Gasteiger charge is 2.10. The zero-order chi connectivity index (χ0) is 19.7. The van der Waals surface area contributed by atoms with Crippen molar-refractivity contribution in [3.63, 3.8) is 0 Å². The largest absolute Gasteiger partial charge is 0.219 e. The number of rotatable bonds is 4. The van der Waals surface area contributed by atoms with E-state index in [-0.39, 0.29) is 0 Å². The van der Waals surface area contributed by atoms with Gasteiger partial charge in [0.15, 0.2) is 0 Å². The van der Waals surface area contributed by atoms with Crippen LogP contribution in [0.1, 0.15) is 46.7 Å². The van der Waals surface area contributed by atoms with Crippen LogP contribution in [0.3, 0.4) is 0 Å². The van der Waals surface area contributed by atoms with Crippen molar-refractivity contribution in [2.45, 2.75) is 48.0 Å². The average molecular weight is 358 g/mol. The van der Waals surface area contributed by atoms with Gasteiger partial charge in [-0.15, -0.1) is 0 Å². The van der Waals surface area contributed by atoms with E-state index >= 15 is 0 Å². The first-order valence-electron chi connectivity index (χ1n) is 9.30. The number of hydrogen-bond acceptors (Lipinski definition) is 3. The van der Waals surface area contributed by atoms with Crippen molar-refractivity contribution in [1.29, 1.82) is 0 Å². The van der Waals surface area contributed by atoms with Crippen molar-refractivity contribution in [2.24, 2.45) is 0 Å². The summed E-state index contributed by atoms with van der Waals surface area (Å²) in [6, 6.07) is 8.82. The molecule has 3 rings (SSSR count). The number of nitrogens with zero attached hydrogens (tertiary/aromatic N) is 3. The van der Waals surface area contributed by atoms with E-state index < -0.39 is 0 Å². The summed E-state index contributed by atoms with van der Waals surface area (Å²) in [5.74, 6) is 2.28. The van der Waals surface area contributed by atoms with Crippen LogP contribution in [0.4, 0.5) is 0 Å². The van der Waals surface area contributed by atoms with Crippen molar-refractivity contribution in [3.8, 4) is 0 Å². The van der Waals surface area contributed by atoms with Crippen LogP contribution in [0.25, 0.3) is 16.3 Å². The van der Waals surface area contributed by atoms with Crippen molar-refractivity contribution in [2.75, 3.05) is 0 Å². The second-order valence-corrected chi connectivity index (χ2v) is 7.35. The minimum atomic E-state index is 0.631. The lowest BCUT2D eigenvalue weighted by molar-refractivity contribution is 0.844. The molecule has 3 nitrogen and oxygen atoms in total. The van der Waals surface area contributed by atoms with E-state index in [1.807, 2.05) is 13.8 Å². The number of allylic oxidation sites excluding steroid dienone is 3. The van der Waals surface area contributed by atoms with Crippen molar-refractivity contribution < 1.29 is 0 Å². The van der Waals surface area contributed by atoms with Gasteiger partial charge in [0.05, 0.1) is 0 Å². The van der Waals surface area contributed by atoms with E-state index in [1.165, 1.54) is 38.6 Å². The van der Waals surface area contributed by atoms with Gasteiger partial charge in [-0.3, -0.25) is 0 Å². The predicted octanol–water partition coefficient (Wildman–Crippen LogP) is 5.77. The third kappa shape index (κ3) is 3.97. The molecule has 0 bridgehead atoms. The maximum atomic E-state index is 4.43. The van der Waals surface area contributed by atoms with Crippen LogP contribution in [0.2, 0.25) is 0 Å². The fourth-order valence-corrected chi connectivity index (χ4v) is 3.67. The zero-order valence-corrected chi connectivity index (χ0v) is 17.1. The van der Waals surface area contributed by atoms with Crippen LogP contribution in [-0.2, 0) is 6.42 Å². The van der Waals surface area contributed by atoms with Crippen LogP contribution >= 0.6 is 0 Å². The van der Waals surface area contributed by atoms with E-state index in [9.17, 15) is 0 Å². The fourth-order valence-electron chi connectivity index (χ4n) is 3.67. The van der Waals surface area contributed by atoms with Crippen LogP contribution in [0.15, 0.2) is 42.5 Å². The van der Waals surface area contributed by atoms with E-state index in [0.29, 0.717) is 6.42 Å². The van der Waals surface area contributed by atoms with Crippen molar-refractivity contribution >= 4 is 16.3 Å². The third-order valence-electron chi connectivity index (χ3n) is 5.12. The second-order valence-electron chi connectivity index (χ2n) is 7.35. The lowest BCUT2D eigenvalue weighted by Gasteiger charge is -2.15. The van der Waals surface area contributed by atoms with Crippen LogP contribution in [0, 0.1) is 34.6 Å². The molecule has 0 aliphatic rings. The Morgan fingerprint density at radius 2 is 1.59 bits per heavy atom. The molecule has 0 radical (unpaired) electrons. The third-order valence-corrected chi connectivity index (χ3v) is 5.12.